The maximum atomic E-state index is 13.6. The van der Waals surface area contributed by atoms with Gasteiger partial charge in [0, 0.05) is 5.69 Å². The molecule has 1 aromatic heterocycles. The van der Waals surface area contributed by atoms with E-state index >= 15 is 0 Å². The predicted octanol–water partition coefficient (Wildman–Crippen LogP) is 4.73. The summed E-state index contributed by atoms with van der Waals surface area (Å²) in [6, 6.07) is 19.9. The zero-order valence-electron chi connectivity index (χ0n) is 18.6. The number of amides is 1. The van der Waals surface area contributed by atoms with Gasteiger partial charge in [0.25, 0.3) is 5.91 Å². The van der Waals surface area contributed by atoms with Crippen molar-refractivity contribution in [2.45, 2.75) is 13.0 Å². The fraction of sp³-hybridized carbons (Fsp3) is 0.148. The number of hydrogen-bond acceptors (Lipinski definition) is 6. The van der Waals surface area contributed by atoms with Crippen LogP contribution < -0.4 is 15.1 Å². The average Bonchev–Trinajstić information content (AvgIpc) is 3.17. The minimum atomic E-state index is -0.706. The van der Waals surface area contributed by atoms with Gasteiger partial charge in [0.05, 0.1) is 36.3 Å². The van der Waals surface area contributed by atoms with Crippen LogP contribution in [0.25, 0.3) is 11.0 Å². The highest BCUT2D eigenvalue weighted by atomic mass is 16.5. The lowest BCUT2D eigenvalue weighted by molar-refractivity contribution is 0.0526. The monoisotopic (exact) mass is 455 g/mol. The lowest BCUT2D eigenvalue weighted by atomic mass is 9.98. The minimum Gasteiger partial charge on any atom is -0.497 e. The number of carbonyl (C=O) groups excluding carboxylic acids is 2. The molecule has 1 aliphatic heterocycles. The van der Waals surface area contributed by atoms with Gasteiger partial charge in [0.1, 0.15) is 11.3 Å². The number of para-hydroxylation sites is 1. The summed E-state index contributed by atoms with van der Waals surface area (Å²) < 4.78 is 16.3. The third-order valence-electron chi connectivity index (χ3n) is 5.87. The van der Waals surface area contributed by atoms with Crippen LogP contribution in [0.1, 0.15) is 45.0 Å². The van der Waals surface area contributed by atoms with Gasteiger partial charge in [0.15, 0.2) is 5.43 Å². The third kappa shape index (κ3) is 3.42. The molecule has 0 saturated carbocycles. The Morgan fingerprint density at radius 1 is 0.971 bits per heavy atom. The van der Waals surface area contributed by atoms with Gasteiger partial charge < -0.3 is 13.9 Å². The van der Waals surface area contributed by atoms with Crippen molar-refractivity contribution in [3.8, 4) is 5.75 Å². The fourth-order valence-corrected chi connectivity index (χ4v) is 4.26. The maximum absolute atomic E-state index is 13.6. The highest BCUT2D eigenvalue weighted by molar-refractivity contribution is 6.10. The van der Waals surface area contributed by atoms with E-state index in [2.05, 4.69) is 0 Å². The van der Waals surface area contributed by atoms with E-state index in [4.69, 9.17) is 13.9 Å². The molecule has 34 heavy (non-hydrogen) atoms. The average molecular weight is 455 g/mol. The Kier molecular flexibility index (Phi) is 5.37. The van der Waals surface area contributed by atoms with Gasteiger partial charge >= 0.3 is 5.97 Å². The maximum Gasteiger partial charge on any atom is 0.338 e. The zero-order valence-corrected chi connectivity index (χ0v) is 18.6. The van der Waals surface area contributed by atoms with Crippen molar-refractivity contribution in [2.75, 3.05) is 18.6 Å². The van der Waals surface area contributed by atoms with E-state index in [-0.39, 0.29) is 23.4 Å². The van der Waals surface area contributed by atoms with Gasteiger partial charge in [-0.05, 0) is 61.0 Å². The van der Waals surface area contributed by atoms with Crippen molar-refractivity contribution < 1.29 is 23.5 Å². The first-order valence-electron chi connectivity index (χ1n) is 10.8. The second-order valence-corrected chi connectivity index (χ2v) is 7.79. The van der Waals surface area contributed by atoms with Gasteiger partial charge in [-0.3, -0.25) is 14.5 Å². The van der Waals surface area contributed by atoms with Gasteiger partial charge in [-0.2, -0.15) is 0 Å². The zero-order chi connectivity index (χ0) is 23.8. The summed E-state index contributed by atoms with van der Waals surface area (Å²) in [5.74, 6) is -0.203. The highest BCUT2D eigenvalue weighted by Gasteiger charge is 2.43. The van der Waals surface area contributed by atoms with E-state index in [1.165, 1.54) is 4.90 Å². The minimum absolute atomic E-state index is 0.0130. The number of rotatable bonds is 5. The Morgan fingerprint density at radius 3 is 2.35 bits per heavy atom. The lowest BCUT2D eigenvalue weighted by Gasteiger charge is -2.25. The molecule has 0 spiro atoms. The molecule has 0 radical (unpaired) electrons. The molecule has 5 rings (SSSR count). The van der Waals surface area contributed by atoms with Gasteiger partial charge in [-0.25, -0.2) is 4.79 Å². The molecule has 0 fully saturated rings. The molecule has 1 unspecified atom stereocenters. The van der Waals surface area contributed by atoms with E-state index in [0.717, 1.165) is 5.56 Å². The van der Waals surface area contributed by atoms with Crippen LogP contribution in [-0.4, -0.2) is 25.6 Å². The van der Waals surface area contributed by atoms with Crippen LogP contribution in [0.3, 0.4) is 0 Å². The second kappa shape index (κ2) is 8.51. The summed E-state index contributed by atoms with van der Waals surface area (Å²) in [6.45, 7) is 2.00. The summed E-state index contributed by atoms with van der Waals surface area (Å²) in [4.78, 5) is 40.7. The van der Waals surface area contributed by atoms with Crippen molar-refractivity contribution in [3.63, 3.8) is 0 Å². The van der Waals surface area contributed by atoms with Crippen LogP contribution in [0, 0.1) is 0 Å². The van der Waals surface area contributed by atoms with Crippen LogP contribution in [0.15, 0.2) is 82.0 Å². The molecule has 0 N–H and O–H groups in total. The number of fused-ring (bicyclic) bond motifs is 2. The van der Waals surface area contributed by atoms with E-state index in [9.17, 15) is 14.4 Å². The number of benzene rings is 3. The topological polar surface area (TPSA) is 86.0 Å². The first kappa shape index (κ1) is 21.5. The SMILES string of the molecule is CCOC(=O)c1ccc(N2C(=O)c3oc4ccccc4c(=O)c3C2c2ccc(OC)cc2)cc1. The quantitative estimate of drug-likeness (QED) is 0.405. The van der Waals surface area contributed by atoms with E-state index in [0.29, 0.717) is 28.0 Å². The van der Waals surface area contributed by atoms with Crippen LogP contribution in [-0.2, 0) is 4.74 Å². The molecule has 7 nitrogen and oxygen atoms in total. The van der Waals surface area contributed by atoms with Crippen molar-refractivity contribution in [2.24, 2.45) is 0 Å². The number of carbonyl (C=O) groups is 2. The predicted molar refractivity (Wildman–Crippen MR) is 127 cm³/mol. The number of ether oxygens (including phenoxy) is 2. The normalized spacial score (nSPS) is 14.8. The molecule has 170 valence electrons. The number of esters is 1. The summed E-state index contributed by atoms with van der Waals surface area (Å²) in [6.07, 6.45) is 0. The molecule has 3 aromatic carbocycles. The number of hydrogen-bond donors (Lipinski definition) is 0. The van der Waals surface area contributed by atoms with Gasteiger partial charge in [-0.15, -0.1) is 0 Å². The van der Waals surface area contributed by atoms with Crippen molar-refractivity contribution >= 4 is 28.5 Å². The van der Waals surface area contributed by atoms with Crippen molar-refractivity contribution in [1.29, 1.82) is 0 Å². The summed E-state index contributed by atoms with van der Waals surface area (Å²) >= 11 is 0. The number of anilines is 1. The Balaban J connectivity index is 1.68. The Hall–Kier alpha value is -4.39. The van der Waals surface area contributed by atoms with E-state index in [1.54, 1.807) is 74.7 Å². The van der Waals surface area contributed by atoms with Crippen molar-refractivity contribution in [3.05, 3.63) is 105 Å². The number of nitrogens with zero attached hydrogens (tertiary/aromatic N) is 1. The summed E-state index contributed by atoms with van der Waals surface area (Å²) in [5.41, 5.74) is 2.00. The number of methoxy groups -OCH3 is 1. The molecular weight excluding hydrogens is 434 g/mol. The van der Waals surface area contributed by atoms with Crippen LogP contribution >= 0.6 is 0 Å². The fourth-order valence-electron chi connectivity index (χ4n) is 4.26. The first-order chi connectivity index (χ1) is 16.5. The van der Waals surface area contributed by atoms with E-state index in [1.807, 2.05) is 12.1 Å². The Labute approximate surface area is 195 Å². The van der Waals surface area contributed by atoms with Gasteiger partial charge in [0.2, 0.25) is 5.76 Å². The molecule has 1 amide bonds. The highest BCUT2D eigenvalue weighted by Crippen LogP contribution is 2.41. The van der Waals surface area contributed by atoms with Crippen LogP contribution in [0.4, 0.5) is 5.69 Å². The van der Waals surface area contributed by atoms with E-state index < -0.39 is 17.9 Å². The molecule has 0 bridgehead atoms. The molecule has 1 aliphatic rings. The standard InChI is InChI=1S/C27H21NO6/c1-3-33-27(31)17-8-12-18(13-9-17)28-23(16-10-14-19(32-2)15-11-16)22-24(29)20-6-4-5-7-21(20)34-25(22)26(28)30/h4-15,23H,3H2,1-2H3. The molecule has 2 heterocycles. The largest absolute Gasteiger partial charge is 0.497 e. The third-order valence-corrected chi connectivity index (χ3v) is 5.87. The molecule has 1 atom stereocenters. The van der Waals surface area contributed by atoms with Crippen molar-refractivity contribution in [1.82, 2.24) is 0 Å². The first-order valence-corrected chi connectivity index (χ1v) is 10.8. The van der Waals surface area contributed by atoms with Crippen LogP contribution in [0.5, 0.6) is 5.75 Å². The molecular formula is C27H21NO6. The van der Waals surface area contributed by atoms with Gasteiger partial charge in [-0.1, -0.05) is 24.3 Å². The lowest BCUT2D eigenvalue weighted by Crippen LogP contribution is -2.29. The molecule has 0 saturated heterocycles. The molecule has 0 aliphatic carbocycles. The van der Waals surface area contributed by atoms with Crippen LogP contribution in [0.2, 0.25) is 0 Å². The molecule has 7 heteroatoms. The Morgan fingerprint density at radius 2 is 1.68 bits per heavy atom. The smallest absolute Gasteiger partial charge is 0.338 e. The summed E-state index contributed by atoms with van der Waals surface area (Å²) in [7, 11) is 1.57. The second-order valence-electron chi connectivity index (χ2n) is 7.79. The Bertz CT molecular complexity index is 1450. The summed E-state index contributed by atoms with van der Waals surface area (Å²) in [5, 5.41) is 0.409. The molecule has 4 aromatic rings.